The number of thioether (sulfide) groups is 1. The van der Waals surface area contributed by atoms with Crippen molar-refractivity contribution in [2.75, 3.05) is 7.11 Å². The van der Waals surface area contributed by atoms with Gasteiger partial charge in [0.1, 0.15) is 11.4 Å². The van der Waals surface area contributed by atoms with E-state index in [1.54, 1.807) is 31.4 Å². The molecule has 2 aromatic carbocycles. The maximum absolute atomic E-state index is 12.1. The van der Waals surface area contributed by atoms with Gasteiger partial charge in [0, 0.05) is 0 Å². The van der Waals surface area contributed by atoms with E-state index in [2.05, 4.69) is 10.3 Å². The Kier molecular flexibility index (Phi) is 5.14. The summed E-state index contributed by atoms with van der Waals surface area (Å²) in [5.41, 5.74) is 1.44. The molecule has 0 aliphatic carbocycles. The number of amides is 1. The molecule has 1 heterocycles. The lowest BCUT2D eigenvalue weighted by molar-refractivity contribution is -0.115. The number of benzene rings is 2. The first-order chi connectivity index (χ1) is 11.6. The van der Waals surface area contributed by atoms with Crippen molar-refractivity contribution in [2.24, 2.45) is 4.99 Å². The number of carbonyl (C=O) groups excluding carboxylic acids is 1. The summed E-state index contributed by atoms with van der Waals surface area (Å²) >= 11 is 13.2. The highest BCUT2D eigenvalue weighted by Gasteiger charge is 2.24. The second kappa shape index (κ2) is 7.30. The Labute approximate surface area is 153 Å². The standard InChI is InChI=1S/C17H12Cl2N2O2S/c1-23-14-5-3-2-4-13(14)20-17-21-16(22)15(24-17)9-10-6-7-11(18)12(19)8-10/h2-9H,1H3,(H,20,21,22)/b15-9-. The molecule has 122 valence electrons. The number of nitrogens with one attached hydrogen (secondary N) is 1. The quantitative estimate of drug-likeness (QED) is 0.773. The Hall–Kier alpha value is -1.95. The predicted molar refractivity (Wildman–Crippen MR) is 100 cm³/mol. The van der Waals surface area contributed by atoms with Crippen LogP contribution < -0.4 is 10.1 Å². The molecule has 0 atom stereocenters. The number of nitrogens with zero attached hydrogens (tertiary/aromatic N) is 1. The second-order valence-electron chi connectivity index (χ2n) is 4.83. The average molecular weight is 379 g/mol. The third-order valence-corrected chi connectivity index (χ3v) is 4.85. The Morgan fingerprint density at radius 1 is 1.17 bits per heavy atom. The third kappa shape index (κ3) is 3.75. The molecule has 0 spiro atoms. The Balaban J connectivity index is 1.86. The van der Waals surface area contributed by atoms with Crippen LogP contribution in [-0.4, -0.2) is 18.2 Å². The van der Waals surface area contributed by atoms with Crippen LogP contribution in [0.4, 0.5) is 5.69 Å². The molecular formula is C17H12Cl2N2O2S. The van der Waals surface area contributed by atoms with Gasteiger partial charge >= 0.3 is 0 Å². The first-order valence-corrected chi connectivity index (χ1v) is 8.52. The van der Waals surface area contributed by atoms with Crippen molar-refractivity contribution in [1.82, 2.24) is 5.32 Å². The van der Waals surface area contributed by atoms with E-state index in [1.165, 1.54) is 11.8 Å². The molecule has 0 bridgehead atoms. The number of methoxy groups -OCH3 is 1. The van der Waals surface area contributed by atoms with E-state index in [-0.39, 0.29) is 5.91 Å². The van der Waals surface area contributed by atoms with E-state index in [0.717, 1.165) is 5.56 Å². The third-order valence-electron chi connectivity index (χ3n) is 3.20. The van der Waals surface area contributed by atoms with Gasteiger partial charge in [0.25, 0.3) is 5.91 Å². The number of aliphatic imine (C=N–C) groups is 1. The molecule has 7 heteroatoms. The molecule has 1 fully saturated rings. The lowest BCUT2D eigenvalue weighted by Gasteiger charge is -2.03. The average Bonchev–Trinajstić information content (AvgIpc) is 2.91. The molecule has 2 aromatic rings. The summed E-state index contributed by atoms with van der Waals surface area (Å²) in [6.07, 6.45) is 1.74. The Morgan fingerprint density at radius 2 is 1.96 bits per heavy atom. The largest absolute Gasteiger partial charge is 0.494 e. The van der Waals surface area contributed by atoms with E-state index >= 15 is 0 Å². The zero-order chi connectivity index (χ0) is 17.1. The molecule has 0 saturated carbocycles. The van der Waals surface area contributed by atoms with Crippen LogP contribution in [0.2, 0.25) is 10.0 Å². The Morgan fingerprint density at radius 3 is 2.71 bits per heavy atom. The smallest absolute Gasteiger partial charge is 0.264 e. The van der Waals surface area contributed by atoms with Crippen molar-refractivity contribution >= 4 is 57.8 Å². The van der Waals surface area contributed by atoms with Gasteiger partial charge in [-0.25, -0.2) is 4.99 Å². The van der Waals surface area contributed by atoms with Crippen molar-refractivity contribution in [1.29, 1.82) is 0 Å². The van der Waals surface area contributed by atoms with Gasteiger partial charge in [-0.15, -0.1) is 0 Å². The van der Waals surface area contributed by atoms with Crippen molar-refractivity contribution in [3.05, 3.63) is 63.0 Å². The SMILES string of the molecule is COc1ccccc1N=C1NC(=O)/C(=C/c2ccc(Cl)c(Cl)c2)S1. The topological polar surface area (TPSA) is 50.7 Å². The van der Waals surface area contributed by atoms with Gasteiger partial charge in [-0.3, -0.25) is 4.79 Å². The molecule has 1 saturated heterocycles. The van der Waals surface area contributed by atoms with Gasteiger partial charge < -0.3 is 10.1 Å². The van der Waals surface area contributed by atoms with Crippen LogP contribution in [0.3, 0.4) is 0 Å². The minimum atomic E-state index is -0.209. The summed E-state index contributed by atoms with van der Waals surface area (Å²) in [7, 11) is 1.58. The molecule has 1 aliphatic rings. The number of para-hydroxylation sites is 2. The summed E-state index contributed by atoms with van der Waals surface area (Å²) in [5.74, 6) is 0.432. The number of halogens is 2. The van der Waals surface area contributed by atoms with Gasteiger partial charge in [0.2, 0.25) is 0 Å². The van der Waals surface area contributed by atoms with Crippen molar-refractivity contribution in [3.8, 4) is 5.75 Å². The summed E-state index contributed by atoms with van der Waals surface area (Å²) in [6, 6.07) is 12.5. The molecule has 4 nitrogen and oxygen atoms in total. The highest BCUT2D eigenvalue weighted by Crippen LogP contribution is 2.32. The van der Waals surface area contributed by atoms with Gasteiger partial charge in [-0.05, 0) is 47.7 Å². The molecule has 1 aliphatic heterocycles. The van der Waals surface area contributed by atoms with E-state index in [0.29, 0.717) is 31.6 Å². The van der Waals surface area contributed by atoms with Gasteiger partial charge in [0.15, 0.2) is 5.17 Å². The summed E-state index contributed by atoms with van der Waals surface area (Å²) in [4.78, 5) is 17.1. The fourth-order valence-electron chi connectivity index (χ4n) is 2.07. The number of hydrogen-bond donors (Lipinski definition) is 1. The normalized spacial score (nSPS) is 17.4. The van der Waals surface area contributed by atoms with Gasteiger partial charge in [0.05, 0.1) is 22.1 Å². The molecular weight excluding hydrogens is 367 g/mol. The summed E-state index contributed by atoms with van der Waals surface area (Å²) < 4.78 is 5.26. The van der Waals surface area contributed by atoms with Gasteiger partial charge in [-0.1, -0.05) is 41.4 Å². The molecule has 0 unspecified atom stereocenters. The maximum atomic E-state index is 12.1. The minimum absolute atomic E-state index is 0.209. The number of amidine groups is 1. The number of hydrogen-bond acceptors (Lipinski definition) is 4. The van der Waals surface area contributed by atoms with Crippen LogP contribution in [0.1, 0.15) is 5.56 Å². The zero-order valence-electron chi connectivity index (χ0n) is 12.5. The molecule has 3 rings (SSSR count). The van der Waals surface area contributed by atoms with E-state index in [1.807, 2.05) is 24.3 Å². The second-order valence-corrected chi connectivity index (χ2v) is 6.67. The molecule has 1 amide bonds. The van der Waals surface area contributed by atoms with Crippen molar-refractivity contribution < 1.29 is 9.53 Å². The molecule has 24 heavy (non-hydrogen) atoms. The zero-order valence-corrected chi connectivity index (χ0v) is 14.9. The lowest BCUT2D eigenvalue weighted by atomic mass is 10.2. The molecule has 0 aromatic heterocycles. The maximum Gasteiger partial charge on any atom is 0.264 e. The Bertz CT molecular complexity index is 865. The van der Waals surface area contributed by atoms with Crippen LogP contribution in [-0.2, 0) is 4.79 Å². The first-order valence-electron chi connectivity index (χ1n) is 6.94. The van der Waals surface area contributed by atoms with Crippen LogP contribution in [0, 0.1) is 0 Å². The van der Waals surface area contributed by atoms with Gasteiger partial charge in [-0.2, -0.15) is 0 Å². The summed E-state index contributed by atoms with van der Waals surface area (Å²) in [5, 5.41) is 4.15. The van der Waals surface area contributed by atoms with Crippen LogP contribution in [0.15, 0.2) is 52.4 Å². The number of ether oxygens (including phenoxy) is 1. The van der Waals surface area contributed by atoms with Crippen molar-refractivity contribution in [2.45, 2.75) is 0 Å². The lowest BCUT2D eigenvalue weighted by Crippen LogP contribution is -2.19. The molecule has 0 radical (unpaired) electrons. The highest BCUT2D eigenvalue weighted by molar-refractivity contribution is 8.18. The van der Waals surface area contributed by atoms with E-state index in [4.69, 9.17) is 27.9 Å². The monoisotopic (exact) mass is 378 g/mol. The minimum Gasteiger partial charge on any atom is -0.494 e. The number of carbonyl (C=O) groups is 1. The number of rotatable bonds is 3. The highest BCUT2D eigenvalue weighted by atomic mass is 35.5. The fourth-order valence-corrected chi connectivity index (χ4v) is 3.21. The predicted octanol–water partition coefficient (Wildman–Crippen LogP) is 4.89. The summed E-state index contributed by atoms with van der Waals surface area (Å²) in [6.45, 7) is 0. The van der Waals surface area contributed by atoms with E-state index in [9.17, 15) is 4.79 Å². The molecule has 1 N–H and O–H groups in total. The first kappa shape index (κ1) is 16.9. The fraction of sp³-hybridized carbons (Fsp3) is 0.0588. The van der Waals surface area contributed by atoms with Crippen LogP contribution >= 0.6 is 35.0 Å². The van der Waals surface area contributed by atoms with Crippen LogP contribution in [0.25, 0.3) is 6.08 Å². The van der Waals surface area contributed by atoms with E-state index < -0.39 is 0 Å². The van der Waals surface area contributed by atoms with Crippen molar-refractivity contribution in [3.63, 3.8) is 0 Å². The van der Waals surface area contributed by atoms with Crippen LogP contribution in [0.5, 0.6) is 5.75 Å².